The van der Waals surface area contributed by atoms with Crippen LogP contribution in [0.1, 0.15) is 5.56 Å². The number of anilines is 1. The molecule has 1 fully saturated rings. The Morgan fingerprint density at radius 1 is 1.21 bits per heavy atom. The van der Waals surface area contributed by atoms with Crippen LogP contribution in [0.2, 0.25) is 0 Å². The number of amides is 1. The highest BCUT2D eigenvalue weighted by molar-refractivity contribution is 9.11. The molecule has 0 N–H and O–H groups in total. The molecular weight excluding hydrogens is 474 g/mol. The number of benzene rings is 2. The molecule has 24 heavy (non-hydrogen) atoms. The Morgan fingerprint density at radius 2 is 1.92 bits per heavy atom. The van der Waals surface area contributed by atoms with Crippen LogP contribution < -0.4 is 9.64 Å². The quantitative estimate of drug-likeness (QED) is 0.417. The Hall–Kier alpha value is -1.15. The number of nitrogens with zero attached hydrogens (tertiary/aromatic N) is 1. The van der Waals surface area contributed by atoms with E-state index in [9.17, 15) is 4.79 Å². The summed E-state index contributed by atoms with van der Waals surface area (Å²) < 4.78 is 7.65. The summed E-state index contributed by atoms with van der Waals surface area (Å²) in [7, 11) is 1.60. The smallest absolute Gasteiger partial charge is 0.270 e. The van der Waals surface area contributed by atoms with Crippen LogP contribution in [-0.2, 0) is 4.79 Å². The summed E-state index contributed by atoms with van der Waals surface area (Å²) in [5, 5.41) is 0. The van der Waals surface area contributed by atoms with Crippen molar-refractivity contribution in [3.63, 3.8) is 0 Å². The van der Waals surface area contributed by atoms with Crippen LogP contribution in [0.4, 0.5) is 5.69 Å². The van der Waals surface area contributed by atoms with Gasteiger partial charge in [-0.3, -0.25) is 9.69 Å². The molecule has 3 rings (SSSR count). The minimum atomic E-state index is -0.130. The van der Waals surface area contributed by atoms with E-state index < -0.39 is 0 Å². The minimum Gasteiger partial charge on any atom is -0.495 e. The number of hydrogen-bond donors (Lipinski definition) is 0. The molecular formula is C17H11Br2NO2S2. The summed E-state index contributed by atoms with van der Waals surface area (Å²) >= 11 is 13.6. The molecule has 1 saturated heterocycles. The molecule has 2 aromatic carbocycles. The van der Waals surface area contributed by atoms with Gasteiger partial charge in [-0.1, -0.05) is 58.1 Å². The zero-order chi connectivity index (χ0) is 17.3. The van der Waals surface area contributed by atoms with E-state index in [2.05, 4.69) is 31.9 Å². The highest BCUT2D eigenvalue weighted by Crippen LogP contribution is 2.39. The number of methoxy groups -OCH3 is 1. The maximum absolute atomic E-state index is 12.8. The van der Waals surface area contributed by atoms with E-state index in [4.69, 9.17) is 17.0 Å². The Kier molecular flexibility index (Phi) is 5.44. The number of carbonyl (C=O) groups excluding carboxylic acids is 1. The first-order chi connectivity index (χ1) is 11.5. The van der Waals surface area contributed by atoms with Crippen LogP contribution in [0.15, 0.2) is 56.3 Å². The van der Waals surface area contributed by atoms with Crippen LogP contribution in [-0.4, -0.2) is 17.3 Å². The van der Waals surface area contributed by atoms with Gasteiger partial charge >= 0.3 is 0 Å². The number of thiocarbonyl (C=S) groups is 1. The molecule has 0 bridgehead atoms. The molecule has 0 saturated carbocycles. The molecule has 7 heteroatoms. The lowest BCUT2D eigenvalue weighted by Crippen LogP contribution is -2.27. The third-order valence-electron chi connectivity index (χ3n) is 3.34. The minimum absolute atomic E-state index is 0.130. The Balaban J connectivity index is 2.01. The predicted octanol–water partition coefficient (Wildman–Crippen LogP) is 5.63. The topological polar surface area (TPSA) is 29.5 Å². The third kappa shape index (κ3) is 3.44. The maximum atomic E-state index is 12.8. The first-order valence-electron chi connectivity index (χ1n) is 6.87. The van der Waals surface area contributed by atoms with Crippen LogP contribution in [0.3, 0.4) is 0 Å². The average molecular weight is 485 g/mol. The van der Waals surface area contributed by atoms with Crippen molar-refractivity contribution in [2.45, 2.75) is 0 Å². The first-order valence-corrected chi connectivity index (χ1v) is 9.68. The monoisotopic (exact) mass is 483 g/mol. The molecule has 0 aromatic heterocycles. The predicted molar refractivity (Wildman–Crippen MR) is 110 cm³/mol. The summed E-state index contributed by atoms with van der Waals surface area (Å²) in [5.74, 6) is 0.539. The molecule has 122 valence electrons. The first kappa shape index (κ1) is 17.7. The Labute approximate surface area is 166 Å². The maximum Gasteiger partial charge on any atom is 0.270 e. The fourth-order valence-corrected chi connectivity index (χ4v) is 5.02. The van der Waals surface area contributed by atoms with E-state index in [-0.39, 0.29) is 5.91 Å². The molecule has 1 heterocycles. The number of carbonyl (C=O) groups is 1. The van der Waals surface area contributed by atoms with Crippen molar-refractivity contribution in [2.75, 3.05) is 12.0 Å². The standard InChI is InChI=1S/C17H11Br2NO2S2/c1-22-15-10(7-11(18)9-13(15)19)8-14-16(21)20(17(23)24-14)12-5-3-2-4-6-12/h2-9H,1H3/b14-8+. The number of para-hydroxylation sites is 1. The zero-order valence-electron chi connectivity index (χ0n) is 12.5. The van der Waals surface area contributed by atoms with Crippen molar-refractivity contribution in [2.24, 2.45) is 0 Å². The second-order valence-electron chi connectivity index (χ2n) is 4.86. The fourth-order valence-electron chi connectivity index (χ4n) is 2.31. The van der Waals surface area contributed by atoms with E-state index in [1.807, 2.05) is 42.5 Å². The number of thioether (sulfide) groups is 1. The molecule has 0 spiro atoms. The van der Waals surface area contributed by atoms with E-state index in [1.54, 1.807) is 18.1 Å². The summed E-state index contributed by atoms with van der Waals surface area (Å²) in [5.41, 5.74) is 1.57. The lowest BCUT2D eigenvalue weighted by Gasteiger charge is -2.14. The van der Waals surface area contributed by atoms with Crippen molar-refractivity contribution in [3.8, 4) is 5.75 Å². The number of hydrogen-bond acceptors (Lipinski definition) is 4. The molecule has 0 radical (unpaired) electrons. The third-order valence-corrected chi connectivity index (χ3v) is 5.68. The second kappa shape index (κ2) is 7.39. The average Bonchev–Trinajstić information content (AvgIpc) is 2.82. The summed E-state index contributed by atoms with van der Waals surface area (Å²) in [4.78, 5) is 14.9. The SMILES string of the molecule is COc1c(Br)cc(Br)cc1/C=C1/SC(=S)N(c2ccccc2)C1=O. The van der Waals surface area contributed by atoms with Crippen LogP contribution in [0, 0.1) is 0 Å². The molecule has 0 atom stereocenters. The summed E-state index contributed by atoms with van der Waals surface area (Å²) in [6, 6.07) is 13.2. The van der Waals surface area contributed by atoms with E-state index in [1.165, 1.54) is 11.8 Å². The van der Waals surface area contributed by atoms with Crippen LogP contribution >= 0.6 is 55.8 Å². The Bertz CT molecular complexity index is 853. The van der Waals surface area contributed by atoms with Gasteiger partial charge in [0, 0.05) is 10.0 Å². The van der Waals surface area contributed by atoms with Gasteiger partial charge in [-0.15, -0.1) is 0 Å². The summed E-state index contributed by atoms with van der Waals surface area (Å²) in [6.07, 6.45) is 1.80. The van der Waals surface area contributed by atoms with Crippen LogP contribution in [0.25, 0.3) is 6.08 Å². The summed E-state index contributed by atoms with van der Waals surface area (Å²) in [6.45, 7) is 0. The lowest BCUT2D eigenvalue weighted by atomic mass is 10.2. The van der Waals surface area contributed by atoms with E-state index >= 15 is 0 Å². The highest BCUT2D eigenvalue weighted by Gasteiger charge is 2.33. The normalized spacial score (nSPS) is 16.1. The van der Waals surface area contributed by atoms with Gasteiger partial charge in [-0.25, -0.2) is 0 Å². The zero-order valence-corrected chi connectivity index (χ0v) is 17.3. The molecule has 3 nitrogen and oxygen atoms in total. The van der Waals surface area contributed by atoms with Gasteiger partial charge in [-0.2, -0.15) is 0 Å². The molecule has 2 aromatic rings. The van der Waals surface area contributed by atoms with Gasteiger partial charge in [0.1, 0.15) is 5.75 Å². The Morgan fingerprint density at radius 3 is 2.58 bits per heavy atom. The molecule has 0 unspecified atom stereocenters. The molecule has 0 aliphatic carbocycles. The second-order valence-corrected chi connectivity index (χ2v) is 8.31. The lowest BCUT2D eigenvalue weighted by molar-refractivity contribution is -0.113. The number of rotatable bonds is 3. The van der Waals surface area contributed by atoms with E-state index in [0.29, 0.717) is 15.0 Å². The van der Waals surface area contributed by atoms with Gasteiger partial charge < -0.3 is 4.74 Å². The largest absolute Gasteiger partial charge is 0.495 e. The molecule has 1 amide bonds. The van der Waals surface area contributed by atoms with Gasteiger partial charge in [0.25, 0.3) is 5.91 Å². The van der Waals surface area contributed by atoms with Crippen molar-refractivity contribution >= 4 is 77.8 Å². The van der Waals surface area contributed by atoms with Gasteiger partial charge in [0.2, 0.25) is 0 Å². The number of halogens is 2. The van der Waals surface area contributed by atoms with Crippen molar-refractivity contribution in [1.29, 1.82) is 0 Å². The van der Waals surface area contributed by atoms with Crippen molar-refractivity contribution in [1.82, 2.24) is 0 Å². The van der Waals surface area contributed by atoms with Gasteiger partial charge in [-0.05, 0) is 46.3 Å². The molecule has 1 aliphatic heterocycles. The number of ether oxygens (including phenoxy) is 1. The fraction of sp³-hybridized carbons (Fsp3) is 0.0588. The van der Waals surface area contributed by atoms with Crippen molar-refractivity contribution < 1.29 is 9.53 Å². The van der Waals surface area contributed by atoms with Gasteiger partial charge in [0.15, 0.2) is 4.32 Å². The van der Waals surface area contributed by atoms with Gasteiger partial charge in [0.05, 0.1) is 22.2 Å². The highest BCUT2D eigenvalue weighted by atomic mass is 79.9. The van der Waals surface area contributed by atoms with Crippen molar-refractivity contribution in [3.05, 3.63) is 61.9 Å². The van der Waals surface area contributed by atoms with E-state index in [0.717, 1.165) is 20.2 Å². The molecule has 1 aliphatic rings. The van der Waals surface area contributed by atoms with Crippen LogP contribution in [0.5, 0.6) is 5.75 Å².